The van der Waals surface area contributed by atoms with Gasteiger partial charge in [0.15, 0.2) is 0 Å². The minimum absolute atomic E-state index is 0.206. The maximum atomic E-state index is 9.32. The van der Waals surface area contributed by atoms with Crippen LogP contribution >= 0.6 is 0 Å². The molecule has 0 radical (unpaired) electrons. The van der Waals surface area contributed by atoms with Crippen molar-refractivity contribution in [1.82, 2.24) is 0 Å². The molecule has 0 aliphatic carbocycles. The summed E-state index contributed by atoms with van der Waals surface area (Å²) in [6.07, 6.45) is 3.50. The molecule has 0 saturated heterocycles. The quantitative estimate of drug-likeness (QED) is 0.792. The molecule has 0 aromatic heterocycles. The SMILES string of the molecule is NC[C@H](O)COc1ccc(/C=C/c2ccccc2)cc1. The fourth-order valence-electron chi connectivity index (χ4n) is 1.69. The van der Waals surface area contributed by atoms with Crippen LogP contribution < -0.4 is 10.5 Å². The highest BCUT2D eigenvalue weighted by Gasteiger charge is 2.01. The van der Waals surface area contributed by atoms with Gasteiger partial charge in [-0.05, 0) is 23.3 Å². The lowest BCUT2D eigenvalue weighted by molar-refractivity contribution is 0.114. The Labute approximate surface area is 119 Å². The van der Waals surface area contributed by atoms with Gasteiger partial charge in [-0.2, -0.15) is 0 Å². The second kappa shape index (κ2) is 7.48. The van der Waals surface area contributed by atoms with Crippen molar-refractivity contribution in [3.8, 4) is 5.75 Å². The van der Waals surface area contributed by atoms with Gasteiger partial charge in [-0.3, -0.25) is 0 Å². The van der Waals surface area contributed by atoms with Gasteiger partial charge < -0.3 is 15.6 Å². The summed E-state index contributed by atoms with van der Waals surface area (Å²) in [6, 6.07) is 17.9. The maximum Gasteiger partial charge on any atom is 0.119 e. The van der Waals surface area contributed by atoms with Crippen LogP contribution in [0, 0.1) is 0 Å². The Balaban J connectivity index is 1.93. The van der Waals surface area contributed by atoms with E-state index in [4.69, 9.17) is 10.5 Å². The normalized spacial score (nSPS) is 12.5. The monoisotopic (exact) mass is 269 g/mol. The van der Waals surface area contributed by atoms with Gasteiger partial charge in [-0.1, -0.05) is 54.6 Å². The molecule has 0 amide bonds. The van der Waals surface area contributed by atoms with Crippen LogP contribution in [0.2, 0.25) is 0 Å². The average Bonchev–Trinajstić information content (AvgIpc) is 2.52. The van der Waals surface area contributed by atoms with E-state index in [2.05, 4.69) is 18.2 Å². The van der Waals surface area contributed by atoms with Crippen molar-refractivity contribution in [2.75, 3.05) is 13.2 Å². The van der Waals surface area contributed by atoms with Crippen molar-refractivity contribution in [3.05, 3.63) is 65.7 Å². The van der Waals surface area contributed by atoms with Gasteiger partial charge in [0.25, 0.3) is 0 Å². The molecule has 0 saturated carbocycles. The summed E-state index contributed by atoms with van der Waals surface area (Å²) in [5, 5.41) is 9.32. The summed E-state index contributed by atoms with van der Waals surface area (Å²) >= 11 is 0. The Bertz CT molecular complexity index is 535. The average molecular weight is 269 g/mol. The molecule has 20 heavy (non-hydrogen) atoms. The van der Waals surface area contributed by atoms with E-state index in [1.807, 2.05) is 48.5 Å². The third-order valence-electron chi connectivity index (χ3n) is 2.86. The molecule has 104 valence electrons. The van der Waals surface area contributed by atoms with Crippen LogP contribution in [0.15, 0.2) is 54.6 Å². The summed E-state index contributed by atoms with van der Waals surface area (Å²) in [4.78, 5) is 0. The number of hydrogen-bond acceptors (Lipinski definition) is 3. The van der Waals surface area contributed by atoms with Gasteiger partial charge in [0.05, 0.1) is 0 Å². The largest absolute Gasteiger partial charge is 0.491 e. The Morgan fingerprint density at radius 3 is 2.15 bits per heavy atom. The molecular weight excluding hydrogens is 250 g/mol. The number of benzene rings is 2. The first-order chi connectivity index (χ1) is 9.78. The van der Waals surface area contributed by atoms with Crippen LogP contribution in [0.3, 0.4) is 0 Å². The summed E-state index contributed by atoms with van der Waals surface area (Å²) in [5.74, 6) is 0.731. The molecule has 3 heteroatoms. The molecule has 2 rings (SSSR count). The van der Waals surface area contributed by atoms with Gasteiger partial charge in [0.2, 0.25) is 0 Å². The van der Waals surface area contributed by atoms with Crippen LogP contribution in [0.4, 0.5) is 0 Å². The van der Waals surface area contributed by atoms with Gasteiger partial charge in [0, 0.05) is 6.54 Å². The van der Waals surface area contributed by atoms with E-state index in [1.165, 1.54) is 5.56 Å². The van der Waals surface area contributed by atoms with Crippen molar-refractivity contribution >= 4 is 12.2 Å². The first kappa shape index (κ1) is 14.3. The van der Waals surface area contributed by atoms with Crippen LogP contribution in [0.5, 0.6) is 5.75 Å². The van der Waals surface area contributed by atoms with Crippen molar-refractivity contribution in [1.29, 1.82) is 0 Å². The fourth-order valence-corrected chi connectivity index (χ4v) is 1.69. The maximum absolute atomic E-state index is 9.32. The lowest BCUT2D eigenvalue weighted by Crippen LogP contribution is -2.26. The summed E-state index contributed by atoms with van der Waals surface area (Å²) in [6.45, 7) is 0.424. The molecule has 0 fully saturated rings. The molecule has 0 bridgehead atoms. The van der Waals surface area contributed by atoms with Crippen LogP contribution in [-0.4, -0.2) is 24.4 Å². The van der Waals surface area contributed by atoms with E-state index in [-0.39, 0.29) is 13.2 Å². The minimum atomic E-state index is -0.618. The third kappa shape index (κ3) is 4.53. The van der Waals surface area contributed by atoms with E-state index in [1.54, 1.807) is 0 Å². The van der Waals surface area contributed by atoms with E-state index < -0.39 is 6.10 Å². The number of hydrogen-bond donors (Lipinski definition) is 2. The predicted molar refractivity (Wildman–Crippen MR) is 82.4 cm³/mol. The molecule has 2 aromatic rings. The molecule has 0 spiro atoms. The zero-order valence-electron chi connectivity index (χ0n) is 11.3. The Hall–Kier alpha value is -2.10. The number of rotatable bonds is 6. The number of aliphatic hydroxyl groups excluding tert-OH is 1. The number of ether oxygens (including phenoxy) is 1. The van der Waals surface area contributed by atoms with E-state index >= 15 is 0 Å². The van der Waals surface area contributed by atoms with E-state index in [0.717, 1.165) is 11.3 Å². The highest BCUT2D eigenvalue weighted by atomic mass is 16.5. The minimum Gasteiger partial charge on any atom is -0.491 e. The lowest BCUT2D eigenvalue weighted by Gasteiger charge is -2.10. The fraction of sp³-hybridized carbons (Fsp3) is 0.176. The number of nitrogens with two attached hydrogens (primary N) is 1. The first-order valence-corrected chi connectivity index (χ1v) is 6.62. The highest BCUT2D eigenvalue weighted by Crippen LogP contribution is 2.14. The Morgan fingerprint density at radius 2 is 1.55 bits per heavy atom. The molecule has 3 N–H and O–H groups in total. The van der Waals surface area contributed by atoms with Crippen molar-refractivity contribution in [2.24, 2.45) is 5.73 Å². The Morgan fingerprint density at radius 1 is 0.950 bits per heavy atom. The van der Waals surface area contributed by atoms with E-state index in [9.17, 15) is 5.11 Å². The smallest absolute Gasteiger partial charge is 0.119 e. The second-order valence-electron chi connectivity index (χ2n) is 4.51. The number of aliphatic hydroxyl groups is 1. The molecule has 0 aliphatic heterocycles. The highest BCUT2D eigenvalue weighted by molar-refractivity contribution is 5.69. The van der Waals surface area contributed by atoms with E-state index in [0.29, 0.717) is 0 Å². The molecule has 2 aromatic carbocycles. The zero-order chi connectivity index (χ0) is 14.2. The zero-order valence-corrected chi connectivity index (χ0v) is 11.3. The third-order valence-corrected chi connectivity index (χ3v) is 2.86. The van der Waals surface area contributed by atoms with Crippen LogP contribution in [0.1, 0.15) is 11.1 Å². The second-order valence-corrected chi connectivity index (χ2v) is 4.51. The van der Waals surface area contributed by atoms with Gasteiger partial charge in [0.1, 0.15) is 18.5 Å². The van der Waals surface area contributed by atoms with Crippen molar-refractivity contribution in [3.63, 3.8) is 0 Å². The molecule has 3 nitrogen and oxygen atoms in total. The summed E-state index contributed by atoms with van der Waals surface area (Å²) < 4.78 is 5.42. The van der Waals surface area contributed by atoms with Gasteiger partial charge in [-0.15, -0.1) is 0 Å². The summed E-state index contributed by atoms with van der Waals surface area (Å²) in [7, 11) is 0. The lowest BCUT2D eigenvalue weighted by atomic mass is 10.1. The standard InChI is InChI=1S/C17H19NO2/c18-12-16(19)13-20-17-10-8-15(9-11-17)7-6-14-4-2-1-3-5-14/h1-11,16,19H,12-13,18H2/b7-6+/t16-/m0/s1. The summed E-state index contributed by atoms with van der Waals surface area (Å²) in [5.41, 5.74) is 7.58. The van der Waals surface area contributed by atoms with Crippen LogP contribution in [-0.2, 0) is 0 Å². The molecular formula is C17H19NO2. The van der Waals surface area contributed by atoms with Crippen molar-refractivity contribution in [2.45, 2.75) is 6.10 Å². The molecule has 1 atom stereocenters. The van der Waals surface area contributed by atoms with Gasteiger partial charge in [-0.25, -0.2) is 0 Å². The Kier molecular flexibility index (Phi) is 5.35. The molecule has 0 aliphatic rings. The van der Waals surface area contributed by atoms with Crippen molar-refractivity contribution < 1.29 is 9.84 Å². The predicted octanol–water partition coefficient (Wildman–Crippen LogP) is 2.56. The van der Waals surface area contributed by atoms with Crippen LogP contribution in [0.25, 0.3) is 12.2 Å². The first-order valence-electron chi connectivity index (χ1n) is 6.62. The molecule has 0 unspecified atom stereocenters. The topological polar surface area (TPSA) is 55.5 Å². The van der Waals surface area contributed by atoms with Gasteiger partial charge >= 0.3 is 0 Å². The molecule has 0 heterocycles.